The molecule has 7 heteroatoms. The molecule has 4 nitrogen and oxygen atoms in total. The van der Waals surface area contributed by atoms with E-state index in [2.05, 4.69) is 11.8 Å². The van der Waals surface area contributed by atoms with Gasteiger partial charge in [-0.15, -0.1) is 0 Å². The highest BCUT2D eigenvalue weighted by atomic mass is 19.4. The third-order valence-corrected chi connectivity index (χ3v) is 4.22. The van der Waals surface area contributed by atoms with Gasteiger partial charge in [-0.05, 0) is 30.7 Å². The van der Waals surface area contributed by atoms with Gasteiger partial charge in [0.25, 0.3) is 0 Å². The number of unbranched alkanes of at least 4 members (excludes halogenated alkanes) is 2. The molecule has 139 valence electrons. The molecule has 1 saturated heterocycles. The molecule has 0 aromatic heterocycles. The first kappa shape index (κ1) is 19.6. The van der Waals surface area contributed by atoms with Crippen molar-refractivity contribution in [3.63, 3.8) is 0 Å². The molecule has 0 unspecified atom stereocenters. The maximum absolute atomic E-state index is 12.7. The Kier molecular flexibility index (Phi) is 7.11. The Bertz CT molecular complexity index is 555. The summed E-state index contributed by atoms with van der Waals surface area (Å²) in [6.07, 6.45) is -1.75. The van der Waals surface area contributed by atoms with E-state index >= 15 is 0 Å². The first-order valence-electron chi connectivity index (χ1n) is 8.49. The Hall–Kier alpha value is -1.76. The number of rotatable bonds is 6. The second-order valence-corrected chi connectivity index (χ2v) is 6.14. The molecule has 1 radical (unpaired) electrons. The summed E-state index contributed by atoms with van der Waals surface area (Å²) in [4.78, 5) is 16.0. The van der Waals surface area contributed by atoms with Gasteiger partial charge in [-0.1, -0.05) is 31.9 Å². The highest BCUT2D eigenvalue weighted by Gasteiger charge is 2.30. The van der Waals surface area contributed by atoms with Crippen LogP contribution >= 0.6 is 0 Å². The molecule has 1 fully saturated rings. The van der Waals surface area contributed by atoms with Gasteiger partial charge in [0.2, 0.25) is 0 Å². The number of hydrogen-bond acceptors (Lipinski definition) is 3. The SMILES string of the molecule is [CH2]CCCCN1CCN(C(=O)OCc2cccc(C(F)(F)F)c2)CC1. The Balaban J connectivity index is 1.76. The van der Waals surface area contributed by atoms with Crippen molar-refractivity contribution >= 4 is 6.09 Å². The number of halogens is 3. The number of nitrogens with zero attached hydrogens (tertiary/aromatic N) is 2. The van der Waals surface area contributed by atoms with Gasteiger partial charge in [-0.25, -0.2) is 4.79 Å². The Morgan fingerprint density at radius 1 is 1.16 bits per heavy atom. The summed E-state index contributed by atoms with van der Waals surface area (Å²) in [6.45, 7) is 7.39. The van der Waals surface area contributed by atoms with Crippen molar-refractivity contribution < 1.29 is 22.7 Å². The van der Waals surface area contributed by atoms with Crippen molar-refractivity contribution in [1.29, 1.82) is 0 Å². The zero-order valence-corrected chi connectivity index (χ0v) is 14.2. The number of amides is 1. The molecular weight excluding hydrogens is 333 g/mol. The average Bonchev–Trinajstić information content (AvgIpc) is 2.60. The fourth-order valence-electron chi connectivity index (χ4n) is 2.74. The molecule has 1 aliphatic rings. The third-order valence-electron chi connectivity index (χ3n) is 4.22. The molecule has 2 rings (SSSR count). The minimum absolute atomic E-state index is 0.160. The summed E-state index contributed by atoms with van der Waals surface area (Å²) >= 11 is 0. The number of piperazine rings is 1. The molecular formula is C18H24F3N2O2. The number of alkyl halides is 3. The lowest BCUT2D eigenvalue weighted by Gasteiger charge is -2.34. The van der Waals surface area contributed by atoms with Crippen LogP contribution in [-0.2, 0) is 17.5 Å². The molecule has 0 N–H and O–H groups in total. The van der Waals surface area contributed by atoms with Crippen LogP contribution in [0.4, 0.5) is 18.0 Å². The predicted molar refractivity (Wildman–Crippen MR) is 88.9 cm³/mol. The number of carbonyl (C=O) groups excluding carboxylic acids is 1. The van der Waals surface area contributed by atoms with Crippen LogP contribution < -0.4 is 0 Å². The molecule has 0 spiro atoms. The van der Waals surface area contributed by atoms with E-state index < -0.39 is 17.8 Å². The fourth-order valence-corrected chi connectivity index (χ4v) is 2.74. The number of benzene rings is 1. The van der Waals surface area contributed by atoms with Gasteiger partial charge >= 0.3 is 12.3 Å². The predicted octanol–water partition coefficient (Wildman–Crippen LogP) is 3.96. The highest BCUT2D eigenvalue weighted by molar-refractivity contribution is 5.67. The van der Waals surface area contributed by atoms with Crippen LogP contribution in [0, 0.1) is 6.92 Å². The fraction of sp³-hybridized carbons (Fsp3) is 0.556. The lowest BCUT2D eigenvalue weighted by molar-refractivity contribution is -0.137. The summed E-state index contributed by atoms with van der Waals surface area (Å²) in [6, 6.07) is 4.84. The Morgan fingerprint density at radius 2 is 1.88 bits per heavy atom. The lowest BCUT2D eigenvalue weighted by Crippen LogP contribution is -2.48. The highest BCUT2D eigenvalue weighted by Crippen LogP contribution is 2.29. The van der Waals surface area contributed by atoms with Gasteiger partial charge in [0.1, 0.15) is 6.61 Å². The molecule has 0 bridgehead atoms. The molecule has 1 heterocycles. The summed E-state index contributed by atoms with van der Waals surface area (Å²) < 4.78 is 43.2. The van der Waals surface area contributed by atoms with E-state index in [9.17, 15) is 18.0 Å². The van der Waals surface area contributed by atoms with Gasteiger partial charge in [0.05, 0.1) is 5.56 Å². The Labute approximate surface area is 146 Å². The zero-order valence-electron chi connectivity index (χ0n) is 14.2. The van der Waals surface area contributed by atoms with Crippen molar-refractivity contribution in [2.24, 2.45) is 0 Å². The van der Waals surface area contributed by atoms with E-state index in [1.807, 2.05) is 0 Å². The largest absolute Gasteiger partial charge is 0.445 e. The summed E-state index contributed by atoms with van der Waals surface area (Å²) in [5.41, 5.74) is -0.410. The lowest BCUT2D eigenvalue weighted by atomic mass is 10.1. The Morgan fingerprint density at radius 3 is 2.52 bits per heavy atom. The van der Waals surface area contributed by atoms with Crippen molar-refractivity contribution in [3.8, 4) is 0 Å². The van der Waals surface area contributed by atoms with Crippen LogP contribution in [-0.4, -0.2) is 48.6 Å². The van der Waals surface area contributed by atoms with Gasteiger partial charge in [0.15, 0.2) is 0 Å². The van der Waals surface area contributed by atoms with Gasteiger partial charge in [-0.2, -0.15) is 13.2 Å². The minimum atomic E-state index is -4.40. The third kappa shape index (κ3) is 6.23. The van der Waals surface area contributed by atoms with Crippen LogP contribution in [0.5, 0.6) is 0 Å². The second-order valence-electron chi connectivity index (χ2n) is 6.14. The first-order valence-corrected chi connectivity index (χ1v) is 8.49. The molecule has 1 aromatic carbocycles. The molecule has 1 amide bonds. The number of carbonyl (C=O) groups is 1. The van der Waals surface area contributed by atoms with Crippen LogP contribution in [0.15, 0.2) is 24.3 Å². The maximum atomic E-state index is 12.7. The quantitative estimate of drug-likeness (QED) is 0.723. The standard InChI is InChI=1S/C18H24F3N2O2/c1-2-3-4-8-22-9-11-23(12-10-22)17(24)25-14-15-6-5-7-16(13-15)18(19,20)21/h5-7,13H,1-4,8-12,14H2. The van der Waals surface area contributed by atoms with E-state index in [0.29, 0.717) is 18.7 Å². The van der Waals surface area contributed by atoms with Gasteiger partial charge < -0.3 is 9.64 Å². The van der Waals surface area contributed by atoms with Crippen LogP contribution in [0.3, 0.4) is 0 Å². The van der Waals surface area contributed by atoms with Crippen LogP contribution in [0.1, 0.15) is 30.4 Å². The van der Waals surface area contributed by atoms with Gasteiger partial charge in [-0.3, -0.25) is 4.90 Å². The molecule has 0 saturated carbocycles. The average molecular weight is 357 g/mol. The van der Waals surface area contributed by atoms with Crippen LogP contribution in [0.25, 0.3) is 0 Å². The van der Waals surface area contributed by atoms with E-state index in [1.54, 1.807) is 4.90 Å². The smallest absolute Gasteiger partial charge is 0.416 e. The van der Waals surface area contributed by atoms with E-state index in [1.165, 1.54) is 12.1 Å². The van der Waals surface area contributed by atoms with Crippen molar-refractivity contribution in [2.75, 3.05) is 32.7 Å². The summed E-state index contributed by atoms with van der Waals surface area (Å²) in [5, 5.41) is 0. The monoisotopic (exact) mass is 357 g/mol. The molecule has 0 aliphatic carbocycles. The molecule has 0 atom stereocenters. The normalized spacial score (nSPS) is 16.1. The molecule has 25 heavy (non-hydrogen) atoms. The minimum Gasteiger partial charge on any atom is -0.445 e. The number of ether oxygens (including phenoxy) is 1. The van der Waals surface area contributed by atoms with Crippen LogP contribution in [0.2, 0.25) is 0 Å². The van der Waals surface area contributed by atoms with Crippen molar-refractivity contribution in [3.05, 3.63) is 42.3 Å². The van der Waals surface area contributed by atoms with Crippen molar-refractivity contribution in [2.45, 2.75) is 32.0 Å². The first-order chi connectivity index (χ1) is 11.9. The van der Waals surface area contributed by atoms with Gasteiger partial charge in [0, 0.05) is 26.2 Å². The number of hydrogen-bond donors (Lipinski definition) is 0. The molecule has 1 aromatic rings. The summed E-state index contributed by atoms with van der Waals surface area (Å²) in [5.74, 6) is 0. The zero-order chi connectivity index (χ0) is 18.3. The second kappa shape index (κ2) is 9.08. The van der Waals surface area contributed by atoms with E-state index in [-0.39, 0.29) is 6.61 Å². The molecule has 1 aliphatic heterocycles. The maximum Gasteiger partial charge on any atom is 0.416 e. The van der Waals surface area contributed by atoms with E-state index in [4.69, 9.17) is 4.74 Å². The summed E-state index contributed by atoms with van der Waals surface area (Å²) in [7, 11) is 0. The van der Waals surface area contributed by atoms with Crippen molar-refractivity contribution in [1.82, 2.24) is 9.80 Å². The van der Waals surface area contributed by atoms with E-state index in [0.717, 1.165) is 51.0 Å². The topological polar surface area (TPSA) is 32.8 Å².